The van der Waals surface area contributed by atoms with Crippen LogP contribution in [0.2, 0.25) is 5.02 Å². The second kappa shape index (κ2) is 5.95. The van der Waals surface area contributed by atoms with Crippen LogP contribution in [0, 0.1) is 11.3 Å². The average molecular weight is 318 g/mol. The molecule has 2 heterocycles. The van der Waals surface area contributed by atoms with Gasteiger partial charge in [-0.25, -0.2) is 0 Å². The number of hydrogen-bond acceptors (Lipinski definition) is 6. The summed E-state index contributed by atoms with van der Waals surface area (Å²) in [6.07, 6.45) is 0. The number of aromatic nitrogens is 2. The van der Waals surface area contributed by atoms with Crippen molar-refractivity contribution >= 4 is 22.9 Å². The summed E-state index contributed by atoms with van der Waals surface area (Å²) in [5, 5.41) is 15.0. The van der Waals surface area contributed by atoms with Gasteiger partial charge in [0, 0.05) is 0 Å². The lowest BCUT2D eigenvalue weighted by molar-refractivity contribution is 0.243. The van der Waals surface area contributed by atoms with E-state index < -0.39 is 0 Å². The van der Waals surface area contributed by atoms with Gasteiger partial charge >= 0.3 is 0 Å². The van der Waals surface area contributed by atoms with Gasteiger partial charge in [-0.2, -0.15) is 10.2 Å². The Hall–Kier alpha value is -2.36. The van der Waals surface area contributed by atoms with Gasteiger partial charge in [0.25, 0.3) is 5.89 Å². The summed E-state index contributed by atoms with van der Waals surface area (Å²) >= 11 is 7.55. The Labute approximate surface area is 129 Å². The number of ether oxygens (including phenoxy) is 1. The highest BCUT2D eigenvalue weighted by Crippen LogP contribution is 2.26. The Morgan fingerprint density at radius 2 is 2.29 bits per heavy atom. The fourth-order valence-electron chi connectivity index (χ4n) is 1.65. The van der Waals surface area contributed by atoms with E-state index in [1.54, 1.807) is 18.2 Å². The lowest BCUT2D eigenvalue weighted by atomic mass is 10.2. The molecule has 0 saturated carbocycles. The van der Waals surface area contributed by atoms with E-state index in [0.29, 0.717) is 28.1 Å². The number of benzene rings is 1. The average Bonchev–Trinajstić information content (AvgIpc) is 3.16. The molecule has 0 saturated heterocycles. The van der Waals surface area contributed by atoms with Crippen LogP contribution in [0.15, 0.2) is 40.2 Å². The quantitative estimate of drug-likeness (QED) is 0.729. The zero-order valence-corrected chi connectivity index (χ0v) is 12.2. The summed E-state index contributed by atoms with van der Waals surface area (Å²) < 4.78 is 10.6. The van der Waals surface area contributed by atoms with Crippen LogP contribution in [-0.2, 0) is 6.61 Å². The van der Waals surface area contributed by atoms with Crippen LogP contribution in [-0.4, -0.2) is 10.1 Å². The van der Waals surface area contributed by atoms with Gasteiger partial charge in [0.1, 0.15) is 5.75 Å². The fourth-order valence-corrected chi connectivity index (χ4v) is 2.53. The van der Waals surface area contributed by atoms with Gasteiger partial charge in [0.05, 0.1) is 21.5 Å². The van der Waals surface area contributed by atoms with Crippen LogP contribution < -0.4 is 4.74 Å². The number of hydrogen-bond donors (Lipinski definition) is 0. The second-order valence-corrected chi connectivity index (χ2v) is 5.39. The molecule has 0 spiro atoms. The lowest BCUT2D eigenvalue weighted by Crippen LogP contribution is -1.96. The molecule has 0 radical (unpaired) electrons. The van der Waals surface area contributed by atoms with Crippen molar-refractivity contribution in [3.05, 3.63) is 52.2 Å². The Morgan fingerprint density at radius 1 is 1.38 bits per heavy atom. The van der Waals surface area contributed by atoms with Crippen molar-refractivity contribution in [2.45, 2.75) is 6.61 Å². The lowest BCUT2D eigenvalue weighted by Gasteiger charge is -2.05. The van der Waals surface area contributed by atoms with Crippen molar-refractivity contribution in [2.75, 3.05) is 0 Å². The third-order valence-corrected chi connectivity index (χ3v) is 3.78. The predicted octanol–water partition coefficient (Wildman–Crippen LogP) is 3.90. The molecule has 3 aromatic rings. The minimum atomic E-state index is 0.115. The Bertz CT molecular complexity index is 793. The predicted molar refractivity (Wildman–Crippen MR) is 78.1 cm³/mol. The molecule has 21 heavy (non-hydrogen) atoms. The van der Waals surface area contributed by atoms with E-state index in [4.69, 9.17) is 26.1 Å². The minimum Gasteiger partial charge on any atom is -0.482 e. The van der Waals surface area contributed by atoms with Crippen LogP contribution in [0.1, 0.15) is 11.5 Å². The maximum atomic E-state index is 8.77. The molecule has 7 heteroatoms. The summed E-state index contributed by atoms with van der Waals surface area (Å²) in [6, 6.07) is 10.7. The molecule has 0 unspecified atom stereocenters. The molecule has 2 aromatic heterocycles. The number of thiophene rings is 1. The largest absolute Gasteiger partial charge is 0.482 e. The van der Waals surface area contributed by atoms with E-state index in [1.807, 2.05) is 23.6 Å². The van der Waals surface area contributed by atoms with Crippen molar-refractivity contribution in [3.63, 3.8) is 0 Å². The van der Waals surface area contributed by atoms with Gasteiger partial charge in [-0.3, -0.25) is 0 Å². The van der Waals surface area contributed by atoms with Crippen LogP contribution in [0.25, 0.3) is 10.7 Å². The minimum absolute atomic E-state index is 0.115. The molecule has 104 valence electrons. The van der Waals surface area contributed by atoms with E-state index in [2.05, 4.69) is 10.1 Å². The third kappa shape index (κ3) is 3.05. The van der Waals surface area contributed by atoms with Gasteiger partial charge < -0.3 is 9.26 Å². The van der Waals surface area contributed by atoms with E-state index in [0.717, 1.165) is 4.88 Å². The van der Waals surface area contributed by atoms with Crippen LogP contribution in [0.3, 0.4) is 0 Å². The van der Waals surface area contributed by atoms with Gasteiger partial charge in [0.15, 0.2) is 6.61 Å². The highest BCUT2D eigenvalue weighted by molar-refractivity contribution is 7.13. The zero-order chi connectivity index (χ0) is 14.7. The van der Waals surface area contributed by atoms with Crippen LogP contribution >= 0.6 is 22.9 Å². The molecular weight excluding hydrogens is 310 g/mol. The summed E-state index contributed by atoms with van der Waals surface area (Å²) in [5.74, 6) is 1.36. The normalized spacial score (nSPS) is 10.3. The van der Waals surface area contributed by atoms with Crippen molar-refractivity contribution in [2.24, 2.45) is 0 Å². The zero-order valence-electron chi connectivity index (χ0n) is 10.6. The fraction of sp³-hybridized carbons (Fsp3) is 0.0714. The SMILES string of the molecule is N#Cc1ccc(OCc2nc(-c3cccs3)no2)c(Cl)c1. The van der Waals surface area contributed by atoms with Crippen molar-refractivity contribution in [1.82, 2.24) is 10.1 Å². The van der Waals surface area contributed by atoms with Gasteiger partial charge in [-0.05, 0) is 29.6 Å². The topological polar surface area (TPSA) is 71.9 Å². The van der Waals surface area contributed by atoms with Crippen LogP contribution in [0.4, 0.5) is 0 Å². The molecule has 3 rings (SSSR count). The highest BCUT2D eigenvalue weighted by Gasteiger charge is 2.11. The van der Waals surface area contributed by atoms with E-state index in [9.17, 15) is 0 Å². The van der Waals surface area contributed by atoms with Gasteiger partial charge in [-0.1, -0.05) is 22.8 Å². The molecule has 0 aliphatic heterocycles. The summed E-state index contributed by atoms with van der Waals surface area (Å²) in [6.45, 7) is 0.115. The maximum Gasteiger partial charge on any atom is 0.264 e. The highest BCUT2D eigenvalue weighted by atomic mass is 35.5. The summed E-state index contributed by atoms with van der Waals surface area (Å²) in [4.78, 5) is 5.18. The number of rotatable bonds is 4. The first-order valence-corrected chi connectivity index (χ1v) is 7.21. The maximum absolute atomic E-state index is 8.77. The van der Waals surface area contributed by atoms with E-state index >= 15 is 0 Å². The molecule has 0 fully saturated rings. The number of halogens is 1. The third-order valence-electron chi connectivity index (χ3n) is 2.62. The monoisotopic (exact) mass is 317 g/mol. The molecular formula is C14H8ClN3O2S. The first-order chi connectivity index (χ1) is 10.3. The standard InChI is InChI=1S/C14H8ClN3O2S/c15-10-6-9(7-16)3-4-11(10)19-8-13-17-14(18-20-13)12-2-1-5-21-12/h1-6H,8H2. The van der Waals surface area contributed by atoms with Gasteiger partial charge in [-0.15, -0.1) is 11.3 Å². The number of nitriles is 1. The molecule has 1 aromatic carbocycles. The second-order valence-electron chi connectivity index (χ2n) is 4.03. The molecule has 0 N–H and O–H groups in total. The Morgan fingerprint density at radius 3 is 3.00 bits per heavy atom. The summed E-state index contributed by atoms with van der Waals surface area (Å²) in [5.41, 5.74) is 0.477. The van der Waals surface area contributed by atoms with Crippen molar-refractivity contribution in [3.8, 4) is 22.5 Å². The Balaban J connectivity index is 1.70. The first-order valence-electron chi connectivity index (χ1n) is 5.95. The molecule has 0 atom stereocenters. The van der Waals surface area contributed by atoms with E-state index in [1.165, 1.54) is 11.3 Å². The van der Waals surface area contributed by atoms with E-state index in [-0.39, 0.29) is 6.61 Å². The smallest absolute Gasteiger partial charge is 0.264 e. The summed E-state index contributed by atoms with van der Waals surface area (Å²) in [7, 11) is 0. The molecule has 0 aliphatic carbocycles. The molecule has 0 aliphatic rings. The Kier molecular flexibility index (Phi) is 3.86. The van der Waals surface area contributed by atoms with Crippen LogP contribution in [0.5, 0.6) is 5.75 Å². The molecule has 0 amide bonds. The molecule has 0 bridgehead atoms. The molecule has 5 nitrogen and oxygen atoms in total. The number of nitrogens with zero attached hydrogens (tertiary/aromatic N) is 3. The van der Waals surface area contributed by atoms with Crippen molar-refractivity contribution in [1.29, 1.82) is 5.26 Å². The first kappa shape index (κ1) is 13.6. The van der Waals surface area contributed by atoms with Crippen molar-refractivity contribution < 1.29 is 9.26 Å². The van der Waals surface area contributed by atoms with Gasteiger partial charge in [0.2, 0.25) is 5.82 Å².